The summed E-state index contributed by atoms with van der Waals surface area (Å²) in [4.78, 5) is 7.87. The Morgan fingerprint density at radius 2 is 2.24 bits per heavy atom. The van der Waals surface area contributed by atoms with Crippen LogP contribution < -0.4 is 11.1 Å². The molecule has 2 rings (SSSR count). The second kappa shape index (κ2) is 5.80. The molecule has 0 aliphatic rings. The Kier molecular flexibility index (Phi) is 4.12. The van der Waals surface area contributed by atoms with E-state index in [4.69, 9.17) is 5.73 Å². The molecule has 4 nitrogen and oxygen atoms in total. The second-order valence-corrected chi connectivity index (χ2v) is 4.49. The van der Waals surface area contributed by atoms with Gasteiger partial charge in [-0.3, -0.25) is 0 Å². The molecular weight excluding hydrogens is 212 g/mol. The van der Waals surface area contributed by atoms with Crippen molar-refractivity contribution in [1.29, 1.82) is 0 Å². The van der Waals surface area contributed by atoms with Crippen LogP contribution in [0.5, 0.6) is 0 Å². The number of nitrogens with two attached hydrogens (primary N) is 1. The first-order chi connectivity index (χ1) is 8.25. The summed E-state index contributed by atoms with van der Waals surface area (Å²) in [5, 5.41) is 3.32. The van der Waals surface area contributed by atoms with E-state index in [9.17, 15) is 0 Å². The summed E-state index contributed by atoms with van der Waals surface area (Å²) in [5.41, 5.74) is 7.82. The summed E-state index contributed by atoms with van der Waals surface area (Å²) >= 11 is 0. The number of rotatable bonds is 6. The average molecular weight is 232 g/mol. The van der Waals surface area contributed by atoms with Gasteiger partial charge < -0.3 is 16.0 Å². The van der Waals surface area contributed by atoms with Crippen molar-refractivity contribution in [2.24, 2.45) is 5.73 Å². The summed E-state index contributed by atoms with van der Waals surface area (Å²) in [5.74, 6) is 1.06. The van der Waals surface area contributed by atoms with Crippen LogP contribution in [0.25, 0.3) is 11.0 Å². The summed E-state index contributed by atoms with van der Waals surface area (Å²) in [6.07, 6.45) is 2.05. The van der Waals surface area contributed by atoms with Crippen molar-refractivity contribution in [3.05, 3.63) is 30.1 Å². The van der Waals surface area contributed by atoms with Crippen molar-refractivity contribution in [1.82, 2.24) is 15.3 Å². The normalized spacial score (nSPS) is 13.1. The van der Waals surface area contributed by atoms with Crippen molar-refractivity contribution in [3.63, 3.8) is 0 Å². The van der Waals surface area contributed by atoms with Gasteiger partial charge in [0.2, 0.25) is 0 Å². The van der Waals surface area contributed by atoms with Gasteiger partial charge in [-0.05, 0) is 32.0 Å². The van der Waals surface area contributed by atoms with Crippen molar-refractivity contribution in [2.75, 3.05) is 13.1 Å². The fourth-order valence-electron chi connectivity index (χ4n) is 1.83. The van der Waals surface area contributed by atoms with Gasteiger partial charge in [0.15, 0.2) is 0 Å². The van der Waals surface area contributed by atoms with Gasteiger partial charge in [-0.15, -0.1) is 0 Å². The minimum atomic E-state index is 0.223. The van der Waals surface area contributed by atoms with E-state index in [1.54, 1.807) is 0 Å². The Balaban J connectivity index is 1.79. The van der Waals surface area contributed by atoms with Crippen LogP contribution in [0.1, 0.15) is 19.2 Å². The molecule has 4 N–H and O–H groups in total. The first-order valence-corrected chi connectivity index (χ1v) is 6.15. The molecule has 0 aliphatic carbocycles. The van der Waals surface area contributed by atoms with Crippen molar-refractivity contribution in [2.45, 2.75) is 25.8 Å². The second-order valence-electron chi connectivity index (χ2n) is 4.49. The molecule has 2 aromatic rings. The zero-order valence-corrected chi connectivity index (χ0v) is 10.2. The molecule has 1 unspecified atom stereocenters. The third-order valence-corrected chi connectivity index (χ3v) is 2.67. The zero-order chi connectivity index (χ0) is 12.1. The SMILES string of the molecule is CC(N)CNCCCc1nc2ccccc2[nH]1. The maximum atomic E-state index is 5.66. The first kappa shape index (κ1) is 12.1. The van der Waals surface area contributed by atoms with E-state index in [1.807, 2.05) is 25.1 Å². The molecule has 92 valence electrons. The lowest BCUT2D eigenvalue weighted by atomic mass is 10.3. The molecule has 0 spiro atoms. The van der Waals surface area contributed by atoms with E-state index in [0.29, 0.717) is 0 Å². The molecular formula is C13H20N4. The number of nitrogens with zero attached hydrogens (tertiary/aromatic N) is 1. The van der Waals surface area contributed by atoms with Crippen LogP contribution in [-0.2, 0) is 6.42 Å². The highest BCUT2D eigenvalue weighted by atomic mass is 14.9. The summed E-state index contributed by atoms with van der Waals surface area (Å²) in [6.45, 7) is 3.87. The predicted octanol–water partition coefficient (Wildman–Crippen LogP) is 1.43. The molecule has 0 bridgehead atoms. The summed E-state index contributed by atoms with van der Waals surface area (Å²) in [7, 11) is 0. The van der Waals surface area contributed by atoms with E-state index >= 15 is 0 Å². The van der Waals surface area contributed by atoms with Crippen LogP contribution in [0, 0.1) is 0 Å². The molecule has 17 heavy (non-hydrogen) atoms. The smallest absolute Gasteiger partial charge is 0.107 e. The third-order valence-electron chi connectivity index (χ3n) is 2.67. The fraction of sp³-hybridized carbons (Fsp3) is 0.462. The van der Waals surface area contributed by atoms with Gasteiger partial charge in [0.05, 0.1) is 11.0 Å². The number of aromatic amines is 1. The zero-order valence-electron chi connectivity index (χ0n) is 10.2. The highest BCUT2D eigenvalue weighted by Crippen LogP contribution is 2.10. The van der Waals surface area contributed by atoms with Crippen LogP contribution in [0.15, 0.2) is 24.3 Å². The lowest BCUT2D eigenvalue weighted by molar-refractivity contribution is 0.587. The minimum Gasteiger partial charge on any atom is -0.342 e. The quantitative estimate of drug-likeness (QED) is 0.660. The maximum Gasteiger partial charge on any atom is 0.107 e. The maximum absolute atomic E-state index is 5.66. The van der Waals surface area contributed by atoms with E-state index in [-0.39, 0.29) is 6.04 Å². The van der Waals surface area contributed by atoms with Gasteiger partial charge in [-0.25, -0.2) is 4.98 Å². The lowest BCUT2D eigenvalue weighted by Gasteiger charge is -2.06. The molecule has 0 saturated heterocycles. The molecule has 0 aliphatic heterocycles. The van der Waals surface area contributed by atoms with Crippen molar-refractivity contribution in [3.8, 4) is 0 Å². The van der Waals surface area contributed by atoms with Crippen LogP contribution in [0.4, 0.5) is 0 Å². The number of H-pyrrole nitrogens is 1. The van der Waals surface area contributed by atoms with Crippen LogP contribution in [0.2, 0.25) is 0 Å². The molecule has 0 fully saturated rings. The fourth-order valence-corrected chi connectivity index (χ4v) is 1.83. The molecule has 0 saturated carbocycles. The van der Waals surface area contributed by atoms with Gasteiger partial charge in [-0.1, -0.05) is 12.1 Å². The van der Waals surface area contributed by atoms with Gasteiger partial charge in [0.25, 0.3) is 0 Å². The Bertz CT molecular complexity index is 428. The number of imidazole rings is 1. The van der Waals surface area contributed by atoms with Crippen molar-refractivity contribution < 1.29 is 0 Å². The highest BCUT2D eigenvalue weighted by molar-refractivity contribution is 5.74. The molecule has 1 aromatic carbocycles. The monoisotopic (exact) mass is 232 g/mol. The molecule has 1 heterocycles. The Labute approximate surface area is 102 Å². The molecule has 4 heteroatoms. The number of para-hydroxylation sites is 2. The van der Waals surface area contributed by atoms with Crippen LogP contribution >= 0.6 is 0 Å². The molecule has 1 aromatic heterocycles. The number of fused-ring (bicyclic) bond motifs is 1. The standard InChI is InChI=1S/C13H20N4/c1-10(14)9-15-8-4-7-13-16-11-5-2-3-6-12(11)17-13/h2-3,5-6,10,15H,4,7-9,14H2,1H3,(H,16,17). The van der Waals surface area contributed by atoms with Crippen molar-refractivity contribution >= 4 is 11.0 Å². The molecule has 0 amide bonds. The Hall–Kier alpha value is -1.39. The number of nitrogens with one attached hydrogen (secondary N) is 2. The van der Waals surface area contributed by atoms with E-state index in [1.165, 1.54) is 0 Å². The van der Waals surface area contributed by atoms with E-state index in [0.717, 1.165) is 42.8 Å². The average Bonchev–Trinajstić information content (AvgIpc) is 2.70. The van der Waals surface area contributed by atoms with Gasteiger partial charge in [-0.2, -0.15) is 0 Å². The number of benzene rings is 1. The largest absolute Gasteiger partial charge is 0.342 e. The minimum absolute atomic E-state index is 0.223. The Morgan fingerprint density at radius 1 is 1.41 bits per heavy atom. The van der Waals surface area contributed by atoms with Crippen LogP contribution in [-0.4, -0.2) is 29.1 Å². The molecule has 0 radical (unpaired) electrons. The van der Waals surface area contributed by atoms with Gasteiger partial charge >= 0.3 is 0 Å². The third kappa shape index (κ3) is 3.54. The number of aromatic nitrogens is 2. The summed E-state index contributed by atoms with van der Waals surface area (Å²) in [6, 6.07) is 8.34. The summed E-state index contributed by atoms with van der Waals surface area (Å²) < 4.78 is 0. The van der Waals surface area contributed by atoms with E-state index in [2.05, 4.69) is 21.4 Å². The lowest BCUT2D eigenvalue weighted by Crippen LogP contribution is -2.31. The van der Waals surface area contributed by atoms with Gasteiger partial charge in [0, 0.05) is 19.0 Å². The number of aryl methyl sites for hydroxylation is 1. The molecule has 1 atom stereocenters. The van der Waals surface area contributed by atoms with Gasteiger partial charge in [0.1, 0.15) is 5.82 Å². The highest BCUT2D eigenvalue weighted by Gasteiger charge is 2.01. The van der Waals surface area contributed by atoms with Crippen LogP contribution in [0.3, 0.4) is 0 Å². The van der Waals surface area contributed by atoms with E-state index < -0.39 is 0 Å². The number of hydrogen-bond donors (Lipinski definition) is 3. The topological polar surface area (TPSA) is 66.7 Å². The predicted molar refractivity (Wildman–Crippen MR) is 70.9 cm³/mol. The number of hydrogen-bond acceptors (Lipinski definition) is 3. The Morgan fingerprint density at radius 3 is 3.00 bits per heavy atom. The first-order valence-electron chi connectivity index (χ1n) is 6.15.